The zero-order chi connectivity index (χ0) is 22.1. The fourth-order valence-corrected chi connectivity index (χ4v) is 3.30. The van der Waals surface area contributed by atoms with Gasteiger partial charge in [-0.2, -0.15) is 0 Å². The number of urea groups is 2. The number of hydrogen-bond donors (Lipinski definition) is 3. The molecule has 1 fully saturated rings. The first-order chi connectivity index (χ1) is 14.1. The lowest BCUT2D eigenvalue weighted by molar-refractivity contribution is -0.134. The van der Waals surface area contributed by atoms with Crippen LogP contribution in [0, 0.1) is 13.8 Å². The number of hydrogen-bond acceptors (Lipinski definition) is 6. The number of carbonyl (C=O) groups is 4. The van der Waals surface area contributed by atoms with Crippen LogP contribution in [-0.2, 0) is 15.1 Å². The minimum atomic E-state index is -1.36. The van der Waals surface area contributed by atoms with Gasteiger partial charge < -0.3 is 19.8 Å². The lowest BCUT2D eigenvalue weighted by atomic mass is 9.92. The number of benzene rings is 1. The van der Waals surface area contributed by atoms with Crippen LogP contribution in [0.1, 0.15) is 24.0 Å². The zero-order valence-corrected chi connectivity index (χ0v) is 17.0. The van der Waals surface area contributed by atoms with Crippen molar-refractivity contribution < 1.29 is 28.3 Å². The van der Waals surface area contributed by atoms with Gasteiger partial charge in [-0.05, 0) is 51.1 Å². The normalized spacial score (nSPS) is 18.2. The molecule has 10 nitrogen and oxygen atoms in total. The maximum Gasteiger partial charge on any atom is 0.325 e. The lowest BCUT2D eigenvalue weighted by Crippen LogP contribution is -2.45. The summed E-state index contributed by atoms with van der Waals surface area (Å²) in [6.45, 7) is 4.35. The monoisotopic (exact) mass is 414 g/mol. The summed E-state index contributed by atoms with van der Waals surface area (Å²) in [5.74, 6) is 0.281. The number of ether oxygens (including phenoxy) is 1. The Hall–Kier alpha value is -3.82. The molecular weight excluding hydrogens is 392 g/mol. The van der Waals surface area contributed by atoms with Crippen molar-refractivity contribution in [2.24, 2.45) is 0 Å². The largest absolute Gasteiger partial charge is 0.497 e. The number of amides is 6. The molecule has 1 aromatic carbocycles. The number of furan rings is 1. The van der Waals surface area contributed by atoms with Gasteiger partial charge in [-0.15, -0.1) is 0 Å². The maximum absolute atomic E-state index is 12.9. The molecule has 3 rings (SSSR count). The molecule has 0 bridgehead atoms. The van der Waals surface area contributed by atoms with Crippen molar-refractivity contribution in [2.75, 3.05) is 19.0 Å². The Bertz CT molecular complexity index is 1010. The highest BCUT2D eigenvalue weighted by Gasteiger charge is 2.51. The second-order valence-corrected chi connectivity index (χ2v) is 7.00. The van der Waals surface area contributed by atoms with E-state index < -0.39 is 36.0 Å². The van der Waals surface area contributed by atoms with Crippen LogP contribution in [0.25, 0.3) is 0 Å². The Morgan fingerprint density at radius 3 is 2.43 bits per heavy atom. The van der Waals surface area contributed by atoms with E-state index in [-0.39, 0.29) is 0 Å². The number of methoxy groups -OCH3 is 1. The molecule has 158 valence electrons. The van der Waals surface area contributed by atoms with Crippen LogP contribution in [0.4, 0.5) is 15.3 Å². The summed E-state index contributed by atoms with van der Waals surface area (Å²) in [7, 11) is 1.52. The van der Waals surface area contributed by atoms with E-state index in [1.54, 1.807) is 51.1 Å². The van der Waals surface area contributed by atoms with E-state index >= 15 is 0 Å². The van der Waals surface area contributed by atoms with Crippen molar-refractivity contribution in [1.29, 1.82) is 0 Å². The predicted octanol–water partition coefficient (Wildman–Crippen LogP) is 2.02. The van der Waals surface area contributed by atoms with E-state index in [0.717, 1.165) is 4.90 Å². The number of anilines is 1. The minimum absolute atomic E-state index is 0.439. The van der Waals surface area contributed by atoms with E-state index in [2.05, 4.69) is 16.0 Å². The second-order valence-electron chi connectivity index (χ2n) is 7.00. The van der Waals surface area contributed by atoms with Gasteiger partial charge in [0.05, 0.1) is 7.11 Å². The molecule has 0 spiro atoms. The maximum atomic E-state index is 12.9. The molecule has 0 radical (unpaired) electrons. The Labute approximate surface area is 172 Å². The van der Waals surface area contributed by atoms with Crippen LogP contribution in [0.2, 0.25) is 0 Å². The van der Waals surface area contributed by atoms with Crippen LogP contribution in [0.3, 0.4) is 0 Å². The molecule has 30 heavy (non-hydrogen) atoms. The lowest BCUT2D eigenvalue weighted by Gasteiger charge is -2.21. The predicted molar refractivity (Wildman–Crippen MR) is 106 cm³/mol. The Kier molecular flexibility index (Phi) is 5.50. The molecule has 2 heterocycles. The van der Waals surface area contributed by atoms with E-state index in [1.807, 2.05) is 0 Å². The summed E-state index contributed by atoms with van der Waals surface area (Å²) in [6, 6.07) is 6.63. The van der Waals surface area contributed by atoms with E-state index in [9.17, 15) is 19.2 Å². The highest BCUT2D eigenvalue weighted by atomic mass is 16.5. The third kappa shape index (κ3) is 3.97. The fourth-order valence-electron chi connectivity index (χ4n) is 3.30. The van der Waals surface area contributed by atoms with Gasteiger partial charge in [0.2, 0.25) is 5.91 Å². The van der Waals surface area contributed by atoms with Crippen LogP contribution in [0.5, 0.6) is 5.75 Å². The molecule has 1 aliphatic heterocycles. The fraction of sp³-hybridized carbons (Fsp3) is 0.300. The number of imide groups is 2. The highest BCUT2D eigenvalue weighted by molar-refractivity contribution is 6.10. The van der Waals surface area contributed by atoms with Crippen LogP contribution in [0.15, 0.2) is 34.7 Å². The zero-order valence-electron chi connectivity index (χ0n) is 17.0. The number of aryl methyl sites for hydroxylation is 2. The summed E-state index contributed by atoms with van der Waals surface area (Å²) < 4.78 is 10.5. The summed E-state index contributed by atoms with van der Waals surface area (Å²) >= 11 is 0. The molecule has 6 amide bonds. The molecule has 0 aliphatic carbocycles. The first kappa shape index (κ1) is 20.9. The summed E-state index contributed by atoms with van der Waals surface area (Å²) in [5.41, 5.74) is -0.405. The molecule has 2 aromatic rings. The molecule has 10 heteroatoms. The summed E-state index contributed by atoms with van der Waals surface area (Å²) in [6.07, 6.45) is 0. The van der Waals surface area contributed by atoms with E-state index in [0.29, 0.717) is 28.5 Å². The van der Waals surface area contributed by atoms with E-state index in [1.165, 1.54) is 7.11 Å². The topological polar surface area (TPSA) is 130 Å². The van der Waals surface area contributed by atoms with Gasteiger partial charge in [-0.3, -0.25) is 19.8 Å². The second kappa shape index (κ2) is 7.90. The van der Waals surface area contributed by atoms with Crippen molar-refractivity contribution in [1.82, 2.24) is 15.5 Å². The smallest absolute Gasteiger partial charge is 0.325 e. The number of nitrogens with zero attached hydrogens (tertiary/aromatic N) is 1. The van der Waals surface area contributed by atoms with Crippen molar-refractivity contribution >= 4 is 29.6 Å². The van der Waals surface area contributed by atoms with Crippen LogP contribution < -0.4 is 20.7 Å². The molecule has 3 N–H and O–H groups in total. The van der Waals surface area contributed by atoms with Gasteiger partial charge in [0.1, 0.15) is 29.4 Å². The molecule has 1 aromatic heterocycles. The SMILES string of the molecule is COc1ccc(NC(=O)NC(=O)CN2C(=O)NC(C)(c3cc(C)oc3C)C2=O)cc1. The summed E-state index contributed by atoms with van der Waals surface area (Å²) in [5, 5.41) is 7.17. The standard InChI is InChI=1S/C20H22N4O6/c1-11-9-15(12(2)30-11)20(3)17(26)24(19(28)23-20)10-16(25)22-18(27)21-13-5-7-14(29-4)8-6-13/h5-9H,10H2,1-4H3,(H,23,28)(H2,21,22,25,27). The average molecular weight is 414 g/mol. The molecular formula is C20H22N4O6. The molecule has 0 saturated carbocycles. The Morgan fingerprint density at radius 1 is 1.20 bits per heavy atom. The number of rotatable bonds is 5. The quantitative estimate of drug-likeness (QED) is 0.642. The van der Waals surface area contributed by atoms with E-state index in [4.69, 9.17) is 9.15 Å². The molecule has 1 aliphatic rings. The third-order valence-corrected chi connectivity index (χ3v) is 4.76. The Balaban J connectivity index is 1.63. The van der Waals surface area contributed by atoms with Crippen LogP contribution in [-0.4, -0.2) is 42.4 Å². The third-order valence-electron chi connectivity index (χ3n) is 4.76. The molecule has 1 unspecified atom stereocenters. The molecule has 1 saturated heterocycles. The number of carbonyl (C=O) groups excluding carboxylic acids is 4. The van der Waals surface area contributed by atoms with Crippen molar-refractivity contribution in [3.05, 3.63) is 47.4 Å². The average Bonchev–Trinajstić information content (AvgIpc) is 3.13. The number of nitrogens with one attached hydrogen (secondary N) is 3. The summed E-state index contributed by atoms with van der Waals surface area (Å²) in [4.78, 5) is 50.2. The van der Waals surface area contributed by atoms with Crippen molar-refractivity contribution in [3.8, 4) is 5.75 Å². The first-order valence-corrected chi connectivity index (χ1v) is 9.10. The minimum Gasteiger partial charge on any atom is -0.497 e. The van der Waals surface area contributed by atoms with Crippen molar-refractivity contribution in [3.63, 3.8) is 0 Å². The Morgan fingerprint density at radius 2 is 1.87 bits per heavy atom. The molecule has 1 atom stereocenters. The highest BCUT2D eigenvalue weighted by Crippen LogP contribution is 2.32. The van der Waals surface area contributed by atoms with Crippen LogP contribution >= 0.6 is 0 Å². The van der Waals surface area contributed by atoms with Gasteiger partial charge in [0.25, 0.3) is 5.91 Å². The van der Waals surface area contributed by atoms with Gasteiger partial charge in [-0.25, -0.2) is 9.59 Å². The van der Waals surface area contributed by atoms with Gasteiger partial charge >= 0.3 is 12.1 Å². The van der Waals surface area contributed by atoms with Crippen molar-refractivity contribution in [2.45, 2.75) is 26.3 Å². The van der Waals surface area contributed by atoms with Gasteiger partial charge in [0.15, 0.2) is 0 Å². The van der Waals surface area contributed by atoms with Gasteiger partial charge in [0, 0.05) is 11.3 Å². The van der Waals surface area contributed by atoms with Gasteiger partial charge in [-0.1, -0.05) is 0 Å². The first-order valence-electron chi connectivity index (χ1n) is 9.10.